The number of imidazole rings is 1. The van der Waals surface area contributed by atoms with Gasteiger partial charge in [0.1, 0.15) is 11.6 Å². The first kappa shape index (κ1) is 16.6. The number of amides is 1. The van der Waals surface area contributed by atoms with Crippen LogP contribution in [-0.2, 0) is 11.2 Å². The van der Waals surface area contributed by atoms with E-state index in [-0.39, 0.29) is 18.4 Å². The highest BCUT2D eigenvalue weighted by molar-refractivity contribution is 7.98. The molecule has 0 aliphatic carbocycles. The maximum atomic E-state index is 12.3. The third kappa shape index (κ3) is 3.97. The van der Waals surface area contributed by atoms with E-state index in [1.54, 1.807) is 17.8 Å². The summed E-state index contributed by atoms with van der Waals surface area (Å²) in [5, 5.41) is 6.86. The van der Waals surface area contributed by atoms with Gasteiger partial charge in [0, 0.05) is 6.07 Å². The molecule has 0 saturated heterocycles. The van der Waals surface area contributed by atoms with Crippen LogP contribution in [0.5, 0.6) is 0 Å². The lowest BCUT2D eigenvalue weighted by Crippen LogP contribution is -2.31. The highest BCUT2D eigenvalue weighted by atomic mass is 32.2. The van der Waals surface area contributed by atoms with E-state index in [0.29, 0.717) is 5.76 Å². The quantitative estimate of drug-likeness (QED) is 0.688. The number of thioether (sulfide) groups is 1. The zero-order valence-corrected chi connectivity index (χ0v) is 14.5. The van der Waals surface area contributed by atoms with E-state index in [4.69, 9.17) is 4.52 Å². The minimum absolute atomic E-state index is 0.0993. The van der Waals surface area contributed by atoms with Crippen molar-refractivity contribution in [3.05, 3.63) is 47.6 Å². The molecule has 1 amide bonds. The van der Waals surface area contributed by atoms with Gasteiger partial charge >= 0.3 is 0 Å². The molecule has 24 heavy (non-hydrogen) atoms. The number of nitrogens with one attached hydrogen (secondary N) is 2. The van der Waals surface area contributed by atoms with Gasteiger partial charge in [-0.3, -0.25) is 4.79 Å². The molecule has 3 rings (SSSR count). The Labute approximate surface area is 144 Å². The van der Waals surface area contributed by atoms with Gasteiger partial charge in [0.05, 0.1) is 29.2 Å². The Kier molecular flexibility index (Phi) is 5.20. The van der Waals surface area contributed by atoms with Crippen LogP contribution in [0.4, 0.5) is 0 Å². The number of H-pyrrole nitrogens is 1. The molecule has 3 aromatic rings. The highest BCUT2D eigenvalue weighted by Crippen LogP contribution is 2.20. The van der Waals surface area contributed by atoms with E-state index < -0.39 is 0 Å². The van der Waals surface area contributed by atoms with Crippen molar-refractivity contribution < 1.29 is 9.32 Å². The molecule has 2 aromatic heterocycles. The first-order chi connectivity index (χ1) is 11.7. The molecule has 0 fully saturated rings. The Morgan fingerprint density at radius 3 is 2.96 bits per heavy atom. The molecule has 0 aliphatic heterocycles. The van der Waals surface area contributed by atoms with Gasteiger partial charge in [0.15, 0.2) is 0 Å². The summed E-state index contributed by atoms with van der Waals surface area (Å²) in [6, 6.07) is 9.48. The van der Waals surface area contributed by atoms with Crippen LogP contribution in [0.25, 0.3) is 11.0 Å². The van der Waals surface area contributed by atoms with Crippen molar-refractivity contribution in [2.45, 2.75) is 25.8 Å². The number of benzene rings is 1. The minimum atomic E-state index is -0.152. The average molecular weight is 344 g/mol. The van der Waals surface area contributed by atoms with Crippen LogP contribution in [0, 0.1) is 6.92 Å². The number of para-hydroxylation sites is 2. The van der Waals surface area contributed by atoms with Crippen LogP contribution in [-0.4, -0.2) is 33.0 Å². The summed E-state index contributed by atoms with van der Waals surface area (Å²) < 4.78 is 5.11. The fourth-order valence-electron chi connectivity index (χ4n) is 2.55. The van der Waals surface area contributed by atoms with E-state index in [1.165, 1.54) is 0 Å². The maximum Gasteiger partial charge on any atom is 0.228 e. The Morgan fingerprint density at radius 1 is 1.42 bits per heavy atom. The molecule has 1 atom stereocenters. The SMILES string of the molecule is CSCCC(NC(=O)Cc1cc(C)no1)c1nc2ccccc2[nH]1. The monoisotopic (exact) mass is 344 g/mol. The van der Waals surface area contributed by atoms with E-state index in [9.17, 15) is 4.79 Å². The number of carbonyl (C=O) groups excluding carboxylic acids is 1. The van der Waals surface area contributed by atoms with Crippen molar-refractivity contribution in [1.29, 1.82) is 0 Å². The summed E-state index contributed by atoms with van der Waals surface area (Å²) in [5.74, 6) is 2.19. The van der Waals surface area contributed by atoms with Gasteiger partial charge in [0.2, 0.25) is 5.91 Å². The molecule has 2 N–H and O–H groups in total. The number of aryl methyl sites for hydroxylation is 1. The van der Waals surface area contributed by atoms with Crippen molar-refractivity contribution in [2.24, 2.45) is 0 Å². The van der Waals surface area contributed by atoms with Crippen molar-refractivity contribution in [3.63, 3.8) is 0 Å². The van der Waals surface area contributed by atoms with Crippen LogP contribution >= 0.6 is 11.8 Å². The predicted octanol–water partition coefficient (Wildman–Crippen LogP) is 3.01. The van der Waals surface area contributed by atoms with Gasteiger partial charge in [-0.2, -0.15) is 11.8 Å². The molecule has 0 saturated carbocycles. The van der Waals surface area contributed by atoms with Crippen LogP contribution in [0.3, 0.4) is 0 Å². The predicted molar refractivity (Wildman–Crippen MR) is 94.9 cm³/mol. The highest BCUT2D eigenvalue weighted by Gasteiger charge is 2.19. The van der Waals surface area contributed by atoms with Gasteiger partial charge in [-0.25, -0.2) is 4.98 Å². The van der Waals surface area contributed by atoms with Gasteiger partial charge in [0.25, 0.3) is 0 Å². The molecule has 0 spiro atoms. The van der Waals surface area contributed by atoms with E-state index >= 15 is 0 Å². The lowest BCUT2D eigenvalue weighted by Gasteiger charge is -2.15. The zero-order chi connectivity index (χ0) is 16.9. The molecule has 126 valence electrons. The van der Waals surface area contributed by atoms with Gasteiger partial charge in [-0.1, -0.05) is 17.3 Å². The van der Waals surface area contributed by atoms with Gasteiger partial charge in [-0.15, -0.1) is 0 Å². The summed E-state index contributed by atoms with van der Waals surface area (Å²) >= 11 is 1.74. The third-order valence-electron chi connectivity index (χ3n) is 3.70. The fraction of sp³-hybridized carbons (Fsp3) is 0.353. The molecule has 6 nitrogen and oxygen atoms in total. The number of rotatable bonds is 7. The van der Waals surface area contributed by atoms with Crippen LogP contribution in [0.2, 0.25) is 0 Å². The van der Waals surface area contributed by atoms with Crippen molar-refractivity contribution >= 4 is 28.7 Å². The van der Waals surface area contributed by atoms with Crippen molar-refractivity contribution in [3.8, 4) is 0 Å². The average Bonchev–Trinajstić information content (AvgIpc) is 3.17. The smallest absolute Gasteiger partial charge is 0.228 e. The number of aromatic nitrogens is 3. The standard InChI is InChI=1S/C17H20N4O2S/c1-11-9-12(23-21-11)10-16(22)18-15(7-8-24-2)17-19-13-5-3-4-6-14(13)20-17/h3-6,9,15H,7-8,10H2,1-2H3,(H,18,22)(H,19,20). The van der Waals surface area contributed by atoms with Crippen molar-refractivity contribution in [2.75, 3.05) is 12.0 Å². The number of fused-ring (bicyclic) bond motifs is 1. The summed E-state index contributed by atoms with van der Waals surface area (Å²) in [6.07, 6.45) is 3.04. The largest absolute Gasteiger partial charge is 0.361 e. The summed E-state index contributed by atoms with van der Waals surface area (Å²) in [7, 11) is 0. The molecule has 2 heterocycles. The number of carbonyl (C=O) groups is 1. The molecule has 0 bridgehead atoms. The Hall–Kier alpha value is -2.28. The van der Waals surface area contributed by atoms with Crippen LogP contribution < -0.4 is 5.32 Å². The Morgan fingerprint density at radius 2 is 2.25 bits per heavy atom. The molecular formula is C17H20N4O2S. The maximum absolute atomic E-state index is 12.3. The van der Waals surface area contributed by atoms with Crippen LogP contribution in [0.1, 0.15) is 29.7 Å². The number of nitrogens with zero attached hydrogens (tertiary/aromatic N) is 2. The fourth-order valence-corrected chi connectivity index (χ4v) is 3.03. The molecular weight excluding hydrogens is 324 g/mol. The normalized spacial score (nSPS) is 12.4. The van der Waals surface area contributed by atoms with Gasteiger partial charge < -0.3 is 14.8 Å². The summed E-state index contributed by atoms with van der Waals surface area (Å²) in [5.41, 5.74) is 2.65. The molecule has 0 aliphatic rings. The summed E-state index contributed by atoms with van der Waals surface area (Å²) in [4.78, 5) is 20.3. The van der Waals surface area contributed by atoms with Crippen molar-refractivity contribution in [1.82, 2.24) is 20.4 Å². The Bertz CT molecular complexity index is 794. The Balaban J connectivity index is 1.74. The summed E-state index contributed by atoms with van der Waals surface area (Å²) in [6.45, 7) is 1.83. The topological polar surface area (TPSA) is 83.8 Å². The first-order valence-corrected chi connectivity index (χ1v) is 9.20. The number of hydrogen-bond acceptors (Lipinski definition) is 5. The molecule has 7 heteroatoms. The van der Waals surface area contributed by atoms with E-state index in [0.717, 1.165) is 34.7 Å². The molecule has 0 radical (unpaired) electrons. The second-order valence-corrected chi connectivity index (χ2v) is 6.64. The zero-order valence-electron chi connectivity index (χ0n) is 13.7. The first-order valence-electron chi connectivity index (χ1n) is 7.81. The van der Waals surface area contributed by atoms with E-state index in [1.807, 2.05) is 31.2 Å². The molecule has 1 unspecified atom stereocenters. The lowest BCUT2D eigenvalue weighted by molar-refractivity contribution is -0.121. The van der Waals surface area contributed by atoms with Gasteiger partial charge in [-0.05, 0) is 37.5 Å². The second-order valence-electron chi connectivity index (χ2n) is 5.65. The van der Waals surface area contributed by atoms with E-state index in [2.05, 4.69) is 26.7 Å². The number of hydrogen-bond donors (Lipinski definition) is 2. The third-order valence-corrected chi connectivity index (χ3v) is 4.34. The second kappa shape index (κ2) is 7.53. The molecule has 1 aromatic carbocycles. The lowest BCUT2D eigenvalue weighted by atomic mass is 10.2. The minimum Gasteiger partial charge on any atom is -0.361 e. The van der Waals surface area contributed by atoms with Crippen LogP contribution in [0.15, 0.2) is 34.9 Å². The number of aromatic amines is 1.